The Morgan fingerprint density at radius 1 is 1.46 bits per heavy atom. The third-order valence-corrected chi connectivity index (χ3v) is 1.96. The van der Waals surface area contributed by atoms with Crippen molar-refractivity contribution in [3.05, 3.63) is 29.8 Å². The normalized spacial score (nSPS) is 12.4. The largest absolute Gasteiger partial charge is 0.508 e. The molecule has 1 amide bonds. The van der Waals surface area contributed by atoms with Crippen LogP contribution in [0.15, 0.2) is 24.3 Å². The number of primary amides is 1. The van der Waals surface area contributed by atoms with Gasteiger partial charge in [-0.25, -0.2) is 0 Å². The molecule has 0 aromatic heterocycles. The van der Waals surface area contributed by atoms with Crippen LogP contribution >= 0.6 is 0 Å². The van der Waals surface area contributed by atoms with E-state index in [9.17, 15) is 4.79 Å². The molecule has 3 nitrogen and oxygen atoms in total. The van der Waals surface area contributed by atoms with Crippen LogP contribution in [0.5, 0.6) is 5.75 Å². The Morgan fingerprint density at radius 3 is 2.46 bits per heavy atom. The molecule has 0 aliphatic heterocycles. The molecule has 0 aliphatic rings. The van der Waals surface area contributed by atoms with Crippen molar-refractivity contribution in [2.24, 2.45) is 11.7 Å². The first-order chi connectivity index (χ1) is 6.09. The van der Waals surface area contributed by atoms with Crippen LogP contribution in [0.3, 0.4) is 0 Å². The molecule has 0 unspecified atom stereocenters. The van der Waals surface area contributed by atoms with Crippen LogP contribution in [0.2, 0.25) is 0 Å². The summed E-state index contributed by atoms with van der Waals surface area (Å²) in [5.74, 6) is -0.229. The molecule has 0 saturated carbocycles. The third-order valence-electron chi connectivity index (χ3n) is 1.96. The Kier molecular flexibility index (Phi) is 2.90. The summed E-state index contributed by atoms with van der Waals surface area (Å²) in [6.07, 6.45) is 0.621. The summed E-state index contributed by atoms with van der Waals surface area (Å²) in [5, 5.41) is 9.01. The van der Waals surface area contributed by atoms with Gasteiger partial charge in [0, 0.05) is 5.92 Å². The van der Waals surface area contributed by atoms with Crippen molar-refractivity contribution in [2.75, 3.05) is 0 Å². The Bertz CT molecular complexity index is 292. The van der Waals surface area contributed by atoms with E-state index in [0.717, 1.165) is 5.56 Å². The zero-order valence-electron chi connectivity index (χ0n) is 7.53. The smallest absolute Gasteiger partial charge is 0.220 e. The Hall–Kier alpha value is -1.51. The van der Waals surface area contributed by atoms with Crippen molar-refractivity contribution in [3.8, 4) is 5.75 Å². The van der Waals surface area contributed by atoms with E-state index in [-0.39, 0.29) is 17.6 Å². The minimum Gasteiger partial charge on any atom is -0.508 e. The predicted molar refractivity (Wildman–Crippen MR) is 50.2 cm³/mol. The molecule has 1 rings (SSSR count). The number of rotatable bonds is 3. The van der Waals surface area contributed by atoms with Crippen molar-refractivity contribution in [1.29, 1.82) is 0 Å². The van der Waals surface area contributed by atoms with Gasteiger partial charge < -0.3 is 10.8 Å². The first-order valence-electron chi connectivity index (χ1n) is 4.17. The molecule has 0 fully saturated rings. The van der Waals surface area contributed by atoms with Crippen molar-refractivity contribution in [1.82, 2.24) is 0 Å². The van der Waals surface area contributed by atoms with E-state index in [0.29, 0.717) is 6.42 Å². The predicted octanol–water partition coefficient (Wildman–Crippen LogP) is 1.06. The molecule has 0 heterocycles. The number of phenols is 1. The van der Waals surface area contributed by atoms with E-state index in [4.69, 9.17) is 10.8 Å². The van der Waals surface area contributed by atoms with E-state index in [1.54, 1.807) is 31.2 Å². The maximum atomic E-state index is 10.7. The fraction of sp³-hybridized carbons (Fsp3) is 0.300. The molecular weight excluding hydrogens is 166 g/mol. The summed E-state index contributed by atoms with van der Waals surface area (Å²) < 4.78 is 0. The van der Waals surface area contributed by atoms with Gasteiger partial charge in [0.05, 0.1) is 0 Å². The number of phenolic OH excluding ortho intramolecular Hbond substituents is 1. The molecule has 1 aromatic carbocycles. The van der Waals surface area contributed by atoms with Crippen LogP contribution in [-0.2, 0) is 11.2 Å². The quantitative estimate of drug-likeness (QED) is 0.728. The number of hydrogen-bond donors (Lipinski definition) is 2. The lowest BCUT2D eigenvalue weighted by Gasteiger charge is -2.06. The lowest BCUT2D eigenvalue weighted by atomic mass is 10.0. The van der Waals surface area contributed by atoms with Crippen molar-refractivity contribution in [2.45, 2.75) is 13.3 Å². The summed E-state index contributed by atoms with van der Waals surface area (Å²) in [4.78, 5) is 10.7. The molecule has 0 bridgehead atoms. The van der Waals surface area contributed by atoms with E-state index in [1.807, 2.05) is 0 Å². The topological polar surface area (TPSA) is 63.3 Å². The monoisotopic (exact) mass is 179 g/mol. The SMILES string of the molecule is C[C@H](Cc1ccc(O)cc1)C(N)=O. The fourth-order valence-electron chi connectivity index (χ4n) is 1.09. The number of aromatic hydroxyl groups is 1. The standard InChI is InChI=1S/C10H13NO2/c1-7(10(11)13)6-8-2-4-9(12)5-3-8/h2-5,7,12H,6H2,1H3,(H2,11,13)/t7-/m1/s1. The van der Waals surface area contributed by atoms with Gasteiger partial charge in [-0.1, -0.05) is 19.1 Å². The summed E-state index contributed by atoms with van der Waals surface area (Å²) in [5.41, 5.74) is 6.13. The number of carbonyl (C=O) groups excluding carboxylic acids is 1. The van der Waals surface area contributed by atoms with Gasteiger partial charge in [0.2, 0.25) is 5.91 Å². The molecule has 0 radical (unpaired) electrons. The minimum atomic E-state index is -0.298. The molecule has 13 heavy (non-hydrogen) atoms. The van der Waals surface area contributed by atoms with Crippen LogP contribution < -0.4 is 5.73 Å². The molecule has 1 aromatic rings. The molecule has 0 spiro atoms. The maximum Gasteiger partial charge on any atom is 0.220 e. The van der Waals surface area contributed by atoms with Crippen molar-refractivity contribution < 1.29 is 9.90 Å². The number of nitrogens with two attached hydrogens (primary N) is 1. The van der Waals surface area contributed by atoms with Crippen molar-refractivity contribution in [3.63, 3.8) is 0 Å². The molecule has 0 aliphatic carbocycles. The van der Waals surface area contributed by atoms with Gasteiger partial charge in [0.1, 0.15) is 5.75 Å². The first-order valence-corrected chi connectivity index (χ1v) is 4.17. The van der Waals surface area contributed by atoms with Crippen LogP contribution in [0.25, 0.3) is 0 Å². The summed E-state index contributed by atoms with van der Waals surface area (Å²) >= 11 is 0. The Balaban J connectivity index is 2.64. The summed E-state index contributed by atoms with van der Waals surface area (Å²) in [6.45, 7) is 1.79. The van der Waals surface area contributed by atoms with Crippen LogP contribution in [-0.4, -0.2) is 11.0 Å². The van der Waals surface area contributed by atoms with Crippen LogP contribution in [0.4, 0.5) is 0 Å². The highest BCUT2D eigenvalue weighted by Gasteiger charge is 2.08. The number of amides is 1. The van der Waals surface area contributed by atoms with E-state index in [1.165, 1.54) is 0 Å². The number of benzene rings is 1. The van der Waals surface area contributed by atoms with E-state index >= 15 is 0 Å². The lowest BCUT2D eigenvalue weighted by Crippen LogP contribution is -2.22. The lowest BCUT2D eigenvalue weighted by molar-refractivity contribution is -0.121. The summed E-state index contributed by atoms with van der Waals surface area (Å²) in [7, 11) is 0. The molecule has 3 N–H and O–H groups in total. The zero-order valence-corrected chi connectivity index (χ0v) is 7.53. The average molecular weight is 179 g/mol. The molecular formula is C10H13NO2. The van der Waals surface area contributed by atoms with Crippen LogP contribution in [0, 0.1) is 5.92 Å². The molecule has 3 heteroatoms. The van der Waals surface area contributed by atoms with E-state index < -0.39 is 0 Å². The van der Waals surface area contributed by atoms with Gasteiger partial charge in [0.25, 0.3) is 0 Å². The Labute approximate surface area is 77.2 Å². The number of carbonyl (C=O) groups is 1. The first kappa shape index (κ1) is 9.58. The zero-order chi connectivity index (χ0) is 9.84. The fourth-order valence-corrected chi connectivity index (χ4v) is 1.09. The Morgan fingerprint density at radius 2 is 2.00 bits per heavy atom. The van der Waals surface area contributed by atoms with Gasteiger partial charge in [-0.05, 0) is 24.1 Å². The molecule has 1 atom stereocenters. The van der Waals surface area contributed by atoms with E-state index in [2.05, 4.69) is 0 Å². The second-order valence-electron chi connectivity index (χ2n) is 3.17. The van der Waals surface area contributed by atoms with Gasteiger partial charge in [-0.3, -0.25) is 4.79 Å². The van der Waals surface area contributed by atoms with Crippen LogP contribution in [0.1, 0.15) is 12.5 Å². The average Bonchev–Trinajstić information content (AvgIpc) is 2.08. The summed E-state index contributed by atoms with van der Waals surface area (Å²) in [6, 6.07) is 6.77. The minimum absolute atomic E-state index is 0.162. The third kappa shape index (κ3) is 2.78. The van der Waals surface area contributed by atoms with Crippen molar-refractivity contribution >= 4 is 5.91 Å². The van der Waals surface area contributed by atoms with Gasteiger partial charge in [0.15, 0.2) is 0 Å². The highest BCUT2D eigenvalue weighted by Crippen LogP contribution is 2.13. The maximum absolute atomic E-state index is 10.7. The van der Waals surface area contributed by atoms with Gasteiger partial charge >= 0.3 is 0 Å². The highest BCUT2D eigenvalue weighted by molar-refractivity contribution is 5.76. The highest BCUT2D eigenvalue weighted by atomic mass is 16.3. The van der Waals surface area contributed by atoms with Gasteiger partial charge in [-0.15, -0.1) is 0 Å². The second-order valence-corrected chi connectivity index (χ2v) is 3.17. The molecule has 70 valence electrons. The molecule has 0 saturated heterocycles. The van der Waals surface area contributed by atoms with Gasteiger partial charge in [-0.2, -0.15) is 0 Å². The number of hydrogen-bond acceptors (Lipinski definition) is 2. The second kappa shape index (κ2) is 3.94.